The number of nitrogens with one attached hydrogen (secondary N) is 1. The van der Waals surface area contributed by atoms with E-state index in [0.29, 0.717) is 17.9 Å². The summed E-state index contributed by atoms with van der Waals surface area (Å²) in [5.74, 6) is -2.34. The van der Waals surface area contributed by atoms with E-state index in [2.05, 4.69) is 23.5 Å². The number of halogens is 3. The number of carboxylic acids is 2. The molecule has 1 amide bonds. The molecule has 0 unspecified atom stereocenters. The van der Waals surface area contributed by atoms with Crippen molar-refractivity contribution in [3.05, 3.63) is 72.3 Å². The first-order valence-electron chi connectivity index (χ1n) is 10.2. The van der Waals surface area contributed by atoms with E-state index in [1.807, 2.05) is 48.5 Å². The van der Waals surface area contributed by atoms with Crippen LogP contribution >= 0.6 is 21.6 Å². The molecule has 6 nitrogen and oxygen atoms in total. The SMILES string of the molecule is O=C(O)C(F)(F)F.O=C(O)CCSSCCNC(=O)c1ccccc1-c1cccc2ccccc12. The van der Waals surface area contributed by atoms with Gasteiger partial charge in [-0.25, -0.2) is 4.79 Å². The van der Waals surface area contributed by atoms with E-state index in [-0.39, 0.29) is 12.3 Å². The number of hydrogen-bond donors (Lipinski definition) is 3. The zero-order valence-electron chi connectivity index (χ0n) is 18.2. The second kappa shape index (κ2) is 13.6. The monoisotopic (exact) mass is 525 g/mol. The van der Waals surface area contributed by atoms with Crippen LogP contribution in [0.1, 0.15) is 16.8 Å². The third-order valence-electron chi connectivity index (χ3n) is 4.45. The van der Waals surface area contributed by atoms with Gasteiger partial charge in [-0.1, -0.05) is 82.3 Å². The predicted octanol–water partition coefficient (Wildman–Crippen LogP) is 5.73. The second-order valence-corrected chi connectivity index (χ2v) is 9.62. The molecule has 3 aromatic carbocycles. The van der Waals surface area contributed by atoms with E-state index in [1.54, 1.807) is 10.8 Å². The lowest BCUT2D eigenvalue weighted by atomic mass is 9.94. The summed E-state index contributed by atoms with van der Waals surface area (Å²) in [6.07, 6.45) is -4.93. The number of fused-ring (bicyclic) bond motifs is 1. The molecule has 0 radical (unpaired) electrons. The van der Waals surface area contributed by atoms with Crippen LogP contribution in [0.15, 0.2) is 66.7 Å². The molecule has 35 heavy (non-hydrogen) atoms. The number of carboxylic acid groups (broad SMARTS) is 2. The van der Waals surface area contributed by atoms with E-state index < -0.39 is 18.1 Å². The standard InChI is InChI=1S/C22H21NO3S2.C2HF3O2/c24-21(25)12-14-27-28-15-13-23-22(26)20-10-4-3-9-19(20)18-11-5-7-16-6-1-2-8-17(16)18;3-2(4,5)1(6)7/h1-11H,12-15H2,(H,23,26)(H,24,25);(H,6,7). The highest BCUT2D eigenvalue weighted by atomic mass is 33.1. The molecule has 0 saturated carbocycles. The van der Waals surface area contributed by atoms with Crippen LogP contribution in [-0.4, -0.2) is 52.3 Å². The third-order valence-corrected chi connectivity index (χ3v) is 6.86. The highest BCUT2D eigenvalue weighted by Gasteiger charge is 2.38. The van der Waals surface area contributed by atoms with E-state index in [9.17, 15) is 22.8 Å². The summed E-state index contributed by atoms with van der Waals surface area (Å²) >= 11 is 0. The van der Waals surface area contributed by atoms with Crippen LogP contribution in [-0.2, 0) is 9.59 Å². The first kappa shape index (κ1) is 28.1. The largest absolute Gasteiger partial charge is 0.490 e. The lowest BCUT2D eigenvalue weighted by molar-refractivity contribution is -0.192. The summed E-state index contributed by atoms with van der Waals surface area (Å²) in [7, 11) is 3.09. The Hall–Kier alpha value is -3.18. The molecular formula is C24H22F3NO5S2. The molecule has 3 aromatic rings. The zero-order chi connectivity index (χ0) is 25.8. The number of alkyl halides is 3. The Balaban J connectivity index is 0.000000540. The second-order valence-electron chi connectivity index (χ2n) is 6.92. The minimum absolute atomic E-state index is 0.0975. The molecule has 0 aliphatic carbocycles. The molecule has 0 aromatic heterocycles. The number of carbonyl (C=O) groups excluding carboxylic acids is 1. The molecule has 0 saturated heterocycles. The fourth-order valence-electron chi connectivity index (χ4n) is 2.92. The highest BCUT2D eigenvalue weighted by Crippen LogP contribution is 2.31. The summed E-state index contributed by atoms with van der Waals surface area (Å²) in [5.41, 5.74) is 2.62. The van der Waals surface area contributed by atoms with Gasteiger partial charge in [0, 0.05) is 23.6 Å². The van der Waals surface area contributed by atoms with Gasteiger partial charge in [-0.15, -0.1) is 0 Å². The Morgan fingerprint density at radius 2 is 1.37 bits per heavy atom. The molecule has 0 spiro atoms. The molecule has 3 N–H and O–H groups in total. The van der Waals surface area contributed by atoms with Crippen LogP contribution < -0.4 is 5.32 Å². The number of carbonyl (C=O) groups is 3. The smallest absolute Gasteiger partial charge is 0.481 e. The Labute approximate surface area is 207 Å². The normalized spacial score (nSPS) is 10.8. The number of rotatable bonds is 9. The van der Waals surface area contributed by atoms with Crippen molar-refractivity contribution >= 4 is 50.2 Å². The highest BCUT2D eigenvalue weighted by molar-refractivity contribution is 8.76. The van der Waals surface area contributed by atoms with Crippen molar-refractivity contribution in [1.82, 2.24) is 5.32 Å². The average Bonchev–Trinajstić information content (AvgIpc) is 2.82. The van der Waals surface area contributed by atoms with Crippen LogP contribution in [0.2, 0.25) is 0 Å². The maximum atomic E-state index is 12.7. The summed E-state index contributed by atoms with van der Waals surface area (Å²) < 4.78 is 31.7. The van der Waals surface area contributed by atoms with Gasteiger partial charge >= 0.3 is 18.1 Å². The van der Waals surface area contributed by atoms with Crippen LogP contribution in [0.3, 0.4) is 0 Å². The first-order chi connectivity index (χ1) is 16.6. The van der Waals surface area contributed by atoms with Gasteiger partial charge in [0.05, 0.1) is 6.42 Å². The van der Waals surface area contributed by atoms with Crippen LogP contribution in [0.5, 0.6) is 0 Å². The maximum absolute atomic E-state index is 12.7. The summed E-state index contributed by atoms with van der Waals surface area (Å²) in [6, 6.07) is 21.9. The van der Waals surface area contributed by atoms with Crippen molar-refractivity contribution in [3.63, 3.8) is 0 Å². The third kappa shape index (κ3) is 9.18. The Morgan fingerprint density at radius 3 is 2.06 bits per heavy atom. The van der Waals surface area contributed by atoms with Crippen molar-refractivity contribution in [2.45, 2.75) is 12.6 Å². The van der Waals surface area contributed by atoms with E-state index in [4.69, 9.17) is 15.0 Å². The Bertz CT molecular complexity index is 1170. The molecule has 0 atom stereocenters. The number of amides is 1. The number of hydrogen-bond acceptors (Lipinski definition) is 5. The molecule has 0 aliphatic rings. The van der Waals surface area contributed by atoms with Gasteiger partial charge in [0.2, 0.25) is 0 Å². The molecule has 3 rings (SSSR count). The summed E-state index contributed by atoms with van der Waals surface area (Å²) in [6.45, 7) is 0.535. The van der Waals surface area contributed by atoms with Gasteiger partial charge in [-0.3, -0.25) is 9.59 Å². The topological polar surface area (TPSA) is 104 Å². The maximum Gasteiger partial charge on any atom is 0.490 e. The molecule has 0 bridgehead atoms. The van der Waals surface area contributed by atoms with E-state index in [1.165, 1.54) is 10.8 Å². The molecule has 0 heterocycles. The Morgan fingerprint density at radius 1 is 0.800 bits per heavy atom. The fraction of sp³-hybridized carbons (Fsp3) is 0.208. The predicted molar refractivity (Wildman–Crippen MR) is 133 cm³/mol. The van der Waals surface area contributed by atoms with Gasteiger partial charge in [0.1, 0.15) is 0 Å². The zero-order valence-corrected chi connectivity index (χ0v) is 19.9. The van der Waals surface area contributed by atoms with Crippen LogP contribution in [0.4, 0.5) is 13.2 Å². The summed E-state index contributed by atoms with van der Waals surface area (Å²) in [5, 5.41) is 21.0. The van der Waals surface area contributed by atoms with Gasteiger partial charge in [0.25, 0.3) is 5.91 Å². The van der Waals surface area contributed by atoms with Gasteiger partial charge in [0.15, 0.2) is 0 Å². The lowest BCUT2D eigenvalue weighted by Gasteiger charge is -2.12. The van der Waals surface area contributed by atoms with Crippen molar-refractivity contribution in [1.29, 1.82) is 0 Å². The number of benzene rings is 3. The van der Waals surface area contributed by atoms with Crippen molar-refractivity contribution < 1.29 is 37.8 Å². The van der Waals surface area contributed by atoms with Crippen LogP contribution in [0.25, 0.3) is 21.9 Å². The molecule has 11 heteroatoms. The first-order valence-corrected chi connectivity index (χ1v) is 12.7. The minimum atomic E-state index is -5.08. The molecule has 0 fully saturated rings. The van der Waals surface area contributed by atoms with Crippen LogP contribution in [0, 0.1) is 0 Å². The van der Waals surface area contributed by atoms with Crippen molar-refractivity contribution in [3.8, 4) is 11.1 Å². The molecule has 186 valence electrons. The van der Waals surface area contributed by atoms with Gasteiger partial charge < -0.3 is 15.5 Å². The van der Waals surface area contributed by atoms with Gasteiger partial charge in [-0.05, 0) is 28.0 Å². The van der Waals surface area contributed by atoms with E-state index in [0.717, 1.165) is 27.7 Å². The minimum Gasteiger partial charge on any atom is -0.481 e. The average molecular weight is 526 g/mol. The van der Waals surface area contributed by atoms with Crippen molar-refractivity contribution in [2.75, 3.05) is 18.1 Å². The fourth-order valence-corrected chi connectivity index (χ4v) is 4.81. The number of aliphatic carboxylic acids is 2. The Kier molecular flexibility index (Phi) is 10.9. The quantitative estimate of drug-likeness (QED) is 0.242. The molecule has 0 aliphatic heterocycles. The molecular weight excluding hydrogens is 503 g/mol. The van der Waals surface area contributed by atoms with E-state index >= 15 is 0 Å². The summed E-state index contributed by atoms with van der Waals surface area (Å²) in [4.78, 5) is 32.1. The lowest BCUT2D eigenvalue weighted by Crippen LogP contribution is -2.26. The van der Waals surface area contributed by atoms with Gasteiger partial charge in [-0.2, -0.15) is 13.2 Å². The van der Waals surface area contributed by atoms with Crippen molar-refractivity contribution in [2.24, 2.45) is 0 Å².